The molecule has 0 fully saturated rings. The molecule has 2 heterocycles. The molecular formula is C6H4N4O. The van der Waals surface area contributed by atoms with E-state index in [0.717, 1.165) is 5.52 Å². The van der Waals surface area contributed by atoms with Crippen molar-refractivity contribution in [1.29, 1.82) is 0 Å². The van der Waals surface area contributed by atoms with Gasteiger partial charge in [-0.3, -0.25) is 4.79 Å². The van der Waals surface area contributed by atoms with Crippen molar-refractivity contribution in [3.05, 3.63) is 18.1 Å². The maximum absolute atomic E-state index is 10.2. The molecule has 0 amide bonds. The zero-order chi connectivity index (χ0) is 7.68. The molecule has 0 aliphatic rings. The molecule has 54 valence electrons. The van der Waals surface area contributed by atoms with Crippen molar-refractivity contribution in [3.63, 3.8) is 0 Å². The minimum absolute atomic E-state index is 0.278. The van der Waals surface area contributed by atoms with E-state index in [2.05, 4.69) is 20.2 Å². The maximum Gasteiger partial charge on any atom is 0.200 e. The molecule has 0 unspecified atom stereocenters. The zero-order valence-corrected chi connectivity index (χ0v) is 5.48. The number of carbonyl (C=O) groups is 1. The highest BCUT2D eigenvalue weighted by Crippen LogP contribution is 2.03. The average Bonchev–Trinajstić information content (AvgIpc) is 2.46. The van der Waals surface area contributed by atoms with Gasteiger partial charge in [-0.1, -0.05) is 0 Å². The van der Waals surface area contributed by atoms with Crippen molar-refractivity contribution in [3.8, 4) is 0 Å². The summed E-state index contributed by atoms with van der Waals surface area (Å²) in [7, 11) is 0. The summed E-state index contributed by atoms with van der Waals surface area (Å²) in [6, 6.07) is 1.71. The number of fused-ring (bicyclic) bond motifs is 1. The SMILES string of the molecule is O=Cc1nc2nnccc2[nH]1. The molecule has 2 aromatic rings. The van der Waals surface area contributed by atoms with Crippen LogP contribution in [0.1, 0.15) is 10.6 Å². The van der Waals surface area contributed by atoms with Gasteiger partial charge in [0.15, 0.2) is 17.8 Å². The number of aromatic amines is 1. The fourth-order valence-electron chi connectivity index (χ4n) is 0.840. The number of hydrogen-bond acceptors (Lipinski definition) is 4. The van der Waals surface area contributed by atoms with Crippen LogP contribution in [0.3, 0.4) is 0 Å². The van der Waals surface area contributed by atoms with Crippen molar-refractivity contribution in [2.24, 2.45) is 0 Å². The highest BCUT2D eigenvalue weighted by molar-refractivity contribution is 5.78. The number of imidazole rings is 1. The zero-order valence-electron chi connectivity index (χ0n) is 5.48. The molecule has 0 aliphatic carbocycles. The molecule has 1 N–H and O–H groups in total. The fourth-order valence-corrected chi connectivity index (χ4v) is 0.840. The summed E-state index contributed by atoms with van der Waals surface area (Å²) in [5, 5.41) is 7.31. The Bertz CT molecular complexity index is 361. The summed E-state index contributed by atoms with van der Waals surface area (Å²) in [6.07, 6.45) is 2.18. The van der Waals surface area contributed by atoms with Gasteiger partial charge in [0.25, 0.3) is 0 Å². The number of H-pyrrole nitrogens is 1. The monoisotopic (exact) mass is 148 g/mol. The van der Waals surface area contributed by atoms with Gasteiger partial charge in [-0.05, 0) is 6.07 Å². The quantitative estimate of drug-likeness (QED) is 0.585. The molecule has 2 aromatic heterocycles. The first kappa shape index (κ1) is 5.96. The normalized spacial score (nSPS) is 10.2. The molecule has 2 rings (SSSR count). The summed E-state index contributed by atoms with van der Waals surface area (Å²) in [6.45, 7) is 0. The van der Waals surface area contributed by atoms with Gasteiger partial charge in [0, 0.05) is 0 Å². The number of aldehydes is 1. The Morgan fingerprint density at radius 2 is 2.45 bits per heavy atom. The Morgan fingerprint density at radius 1 is 1.55 bits per heavy atom. The average molecular weight is 148 g/mol. The van der Waals surface area contributed by atoms with E-state index in [4.69, 9.17) is 0 Å². The van der Waals surface area contributed by atoms with Crippen molar-refractivity contribution in [2.75, 3.05) is 0 Å². The summed E-state index contributed by atoms with van der Waals surface area (Å²) in [5.74, 6) is 0.278. The molecule has 0 aromatic carbocycles. The molecule has 5 nitrogen and oxygen atoms in total. The van der Waals surface area contributed by atoms with Gasteiger partial charge in [-0.15, -0.1) is 5.10 Å². The number of hydrogen-bond donors (Lipinski definition) is 1. The van der Waals surface area contributed by atoms with Crippen LogP contribution >= 0.6 is 0 Å². The lowest BCUT2D eigenvalue weighted by Gasteiger charge is -1.79. The van der Waals surface area contributed by atoms with Crippen LogP contribution in [0.15, 0.2) is 12.3 Å². The first-order valence-electron chi connectivity index (χ1n) is 3.03. The summed E-state index contributed by atoms with van der Waals surface area (Å²) >= 11 is 0. The molecule has 0 radical (unpaired) electrons. The number of nitrogens with one attached hydrogen (secondary N) is 1. The van der Waals surface area contributed by atoms with Crippen LogP contribution in [0.25, 0.3) is 11.2 Å². The van der Waals surface area contributed by atoms with E-state index in [1.807, 2.05) is 0 Å². The summed E-state index contributed by atoms with van der Waals surface area (Å²) in [4.78, 5) is 16.8. The van der Waals surface area contributed by atoms with E-state index in [1.54, 1.807) is 6.07 Å². The van der Waals surface area contributed by atoms with Gasteiger partial charge in [-0.25, -0.2) is 4.98 Å². The second-order valence-corrected chi connectivity index (χ2v) is 2.01. The molecule has 0 spiro atoms. The van der Waals surface area contributed by atoms with Gasteiger partial charge >= 0.3 is 0 Å². The molecule has 0 aliphatic heterocycles. The third kappa shape index (κ3) is 0.861. The van der Waals surface area contributed by atoms with Crippen LogP contribution in [0.2, 0.25) is 0 Å². The number of carbonyl (C=O) groups excluding carboxylic acids is 1. The number of aromatic nitrogens is 4. The van der Waals surface area contributed by atoms with Crippen LogP contribution in [0, 0.1) is 0 Å². The number of nitrogens with zero attached hydrogens (tertiary/aromatic N) is 3. The smallest absolute Gasteiger partial charge is 0.200 e. The lowest BCUT2D eigenvalue weighted by Crippen LogP contribution is -1.80. The second kappa shape index (κ2) is 2.12. The standard InChI is InChI=1S/C6H4N4O/c11-3-5-8-4-1-2-7-10-6(4)9-5/h1-3H,(H,8,9,10). The first-order valence-corrected chi connectivity index (χ1v) is 3.03. The molecule has 0 bridgehead atoms. The molecule has 5 heteroatoms. The third-order valence-corrected chi connectivity index (χ3v) is 1.30. The van der Waals surface area contributed by atoms with Crippen molar-refractivity contribution >= 4 is 17.5 Å². The van der Waals surface area contributed by atoms with Gasteiger partial charge in [0.05, 0.1) is 11.7 Å². The van der Waals surface area contributed by atoms with Crippen LogP contribution in [-0.4, -0.2) is 26.5 Å². The van der Waals surface area contributed by atoms with Gasteiger partial charge in [0.2, 0.25) is 0 Å². The van der Waals surface area contributed by atoms with Crippen LogP contribution < -0.4 is 0 Å². The minimum Gasteiger partial charge on any atom is -0.334 e. The predicted octanol–water partition coefficient (Wildman–Crippen LogP) is 0.165. The first-order chi connectivity index (χ1) is 5.40. The third-order valence-electron chi connectivity index (χ3n) is 1.30. The number of rotatable bonds is 1. The van der Waals surface area contributed by atoms with Crippen LogP contribution in [-0.2, 0) is 0 Å². The second-order valence-electron chi connectivity index (χ2n) is 2.01. The van der Waals surface area contributed by atoms with Gasteiger partial charge in [-0.2, -0.15) is 5.10 Å². The van der Waals surface area contributed by atoms with E-state index in [1.165, 1.54) is 6.20 Å². The van der Waals surface area contributed by atoms with Crippen LogP contribution in [0.4, 0.5) is 0 Å². The van der Waals surface area contributed by atoms with E-state index < -0.39 is 0 Å². The van der Waals surface area contributed by atoms with Crippen LogP contribution in [0.5, 0.6) is 0 Å². The van der Waals surface area contributed by atoms with E-state index in [-0.39, 0.29) is 5.82 Å². The Labute approximate surface area is 61.5 Å². The largest absolute Gasteiger partial charge is 0.334 e. The van der Waals surface area contributed by atoms with E-state index >= 15 is 0 Å². The topological polar surface area (TPSA) is 71.5 Å². The van der Waals surface area contributed by atoms with E-state index in [0.29, 0.717) is 11.9 Å². The molecule has 0 atom stereocenters. The Balaban J connectivity index is 2.78. The maximum atomic E-state index is 10.2. The highest BCUT2D eigenvalue weighted by atomic mass is 16.1. The highest BCUT2D eigenvalue weighted by Gasteiger charge is 2.00. The molecular weight excluding hydrogens is 144 g/mol. The lowest BCUT2D eigenvalue weighted by atomic mass is 10.5. The summed E-state index contributed by atoms with van der Waals surface area (Å²) in [5.41, 5.74) is 1.19. The predicted molar refractivity (Wildman–Crippen MR) is 37.1 cm³/mol. The molecule has 11 heavy (non-hydrogen) atoms. The van der Waals surface area contributed by atoms with Crippen molar-refractivity contribution < 1.29 is 4.79 Å². The molecule has 0 saturated carbocycles. The van der Waals surface area contributed by atoms with E-state index in [9.17, 15) is 4.79 Å². The minimum atomic E-state index is 0.278. The Kier molecular flexibility index (Phi) is 1.15. The van der Waals surface area contributed by atoms with Crippen molar-refractivity contribution in [1.82, 2.24) is 20.2 Å². The van der Waals surface area contributed by atoms with Gasteiger partial charge in [0.1, 0.15) is 0 Å². The Morgan fingerprint density at radius 3 is 3.18 bits per heavy atom. The summed E-state index contributed by atoms with van der Waals surface area (Å²) < 4.78 is 0. The lowest BCUT2D eigenvalue weighted by molar-refractivity contribution is 0.111. The van der Waals surface area contributed by atoms with Gasteiger partial charge < -0.3 is 4.98 Å². The van der Waals surface area contributed by atoms with Crippen molar-refractivity contribution in [2.45, 2.75) is 0 Å². The molecule has 0 saturated heterocycles. The fraction of sp³-hybridized carbons (Fsp3) is 0. The Hall–Kier alpha value is -1.78.